The molecule has 2 N–H and O–H groups in total. The van der Waals surface area contributed by atoms with Crippen molar-refractivity contribution in [2.45, 2.75) is 19.3 Å². The van der Waals surface area contributed by atoms with Gasteiger partial charge in [-0.25, -0.2) is 13.2 Å². The van der Waals surface area contributed by atoms with E-state index in [1.54, 1.807) is 6.07 Å². The summed E-state index contributed by atoms with van der Waals surface area (Å²) in [6.07, 6.45) is 1.48. The fourth-order valence-corrected chi connectivity index (χ4v) is 3.49. The lowest BCUT2D eigenvalue weighted by atomic mass is 10.1. The van der Waals surface area contributed by atoms with Crippen molar-refractivity contribution < 1.29 is 17.9 Å². The average Bonchev–Trinajstić information content (AvgIpc) is 2.95. The van der Waals surface area contributed by atoms with Gasteiger partial charge >= 0.3 is 6.03 Å². The summed E-state index contributed by atoms with van der Waals surface area (Å²) in [5, 5.41) is 6.42. The highest BCUT2D eigenvalue weighted by molar-refractivity contribution is 7.94. The molecular weight excluding hydrogens is 280 g/mol. The largest absolute Gasteiger partial charge is 0.372 e. The number of ether oxygens (including phenoxy) is 1. The highest BCUT2D eigenvalue weighted by Crippen LogP contribution is 2.23. The van der Waals surface area contributed by atoms with Gasteiger partial charge in [-0.2, -0.15) is 0 Å². The molecule has 0 aromatic heterocycles. The molecule has 6 nitrogen and oxygen atoms in total. The fourth-order valence-electron chi connectivity index (χ4n) is 2.25. The third-order valence-electron chi connectivity index (χ3n) is 3.23. The first-order valence-corrected chi connectivity index (χ1v) is 7.91. The lowest BCUT2D eigenvalue weighted by Crippen LogP contribution is -2.38. The molecule has 0 bridgehead atoms. The Morgan fingerprint density at radius 3 is 2.80 bits per heavy atom. The number of anilines is 1. The molecule has 1 aromatic rings. The molecule has 0 aliphatic carbocycles. The minimum Gasteiger partial charge on any atom is -0.372 e. The maximum atomic E-state index is 11.8. The first-order valence-electron chi connectivity index (χ1n) is 6.20. The lowest BCUT2D eigenvalue weighted by molar-refractivity contribution is 0.134. The highest BCUT2D eigenvalue weighted by Gasteiger charge is 2.23. The summed E-state index contributed by atoms with van der Waals surface area (Å²) < 4.78 is 27.8. The van der Waals surface area contributed by atoms with E-state index in [0.717, 1.165) is 16.5 Å². The normalized spacial score (nSPS) is 22.5. The molecule has 20 heavy (non-hydrogen) atoms. The topological polar surface area (TPSA) is 84.5 Å². The van der Waals surface area contributed by atoms with Gasteiger partial charge in [0, 0.05) is 11.1 Å². The summed E-state index contributed by atoms with van der Waals surface area (Å²) in [4.78, 5) is 11.8. The second-order valence-corrected chi connectivity index (χ2v) is 6.77. The molecule has 7 heteroatoms. The quantitative estimate of drug-likeness (QED) is 0.857. The third kappa shape index (κ3) is 2.83. The number of hydrogen-bond acceptors (Lipinski definition) is 4. The van der Waals surface area contributed by atoms with Crippen LogP contribution in [0.2, 0.25) is 0 Å². The van der Waals surface area contributed by atoms with Gasteiger partial charge in [0.05, 0.1) is 25.0 Å². The van der Waals surface area contributed by atoms with E-state index in [4.69, 9.17) is 4.74 Å². The van der Waals surface area contributed by atoms with Gasteiger partial charge in [0.1, 0.15) is 0 Å². The molecule has 106 valence electrons. The molecule has 2 aliphatic rings. The lowest BCUT2D eigenvalue weighted by Gasteiger charge is -2.12. The van der Waals surface area contributed by atoms with Crippen LogP contribution in [0.3, 0.4) is 0 Å². The van der Waals surface area contributed by atoms with E-state index in [1.807, 2.05) is 12.1 Å². The number of hydrogen-bond donors (Lipinski definition) is 2. The number of benzene rings is 1. The molecule has 1 aromatic carbocycles. The summed E-state index contributed by atoms with van der Waals surface area (Å²) in [6.45, 7) is 1.16. The number of sulfone groups is 1. The Bertz CT molecular complexity index is 682. The van der Waals surface area contributed by atoms with Gasteiger partial charge in [-0.05, 0) is 29.3 Å². The van der Waals surface area contributed by atoms with Crippen molar-refractivity contribution in [2.75, 3.05) is 11.1 Å². The van der Waals surface area contributed by atoms with Crippen molar-refractivity contribution in [1.82, 2.24) is 5.32 Å². The zero-order valence-electron chi connectivity index (χ0n) is 10.6. The van der Waals surface area contributed by atoms with Gasteiger partial charge in [-0.3, -0.25) is 0 Å². The van der Waals surface area contributed by atoms with Crippen molar-refractivity contribution in [3.05, 3.63) is 40.8 Å². The minimum absolute atomic E-state index is 0.0849. The summed E-state index contributed by atoms with van der Waals surface area (Å²) in [5.74, 6) is -0.0849. The van der Waals surface area contributed by atoms with Crippen LogP contribution in [-0.2, 0) is 27.8 Å². The van der Waals surface area contributed by atoms with Crippen molar-refractivity contribution in [3.63, 3.8) is 0 Å². The Morgan fingerprint density at radius 1 is 1.25 bits per heavy atom. The van der Waals surface area contributed by atoms with Gasteiger partial charge in [0.2, 0.25) is 0 Å². The summed E-state index contributed by atoms with van der Waals surface area (Å²) in [7, 11) is -3.16. The highest BCUT2D eigenvalue weighted by atomic mass is 32.2. The third-order valence-corrected chi connectivity index (χ3v) is 4.62. The second kappa shape index (κ2) is 4.92. The molecular formula is C13H14N2O4S. The zero-order valence-corrected chi connectivity index (χ0v) is 11.4. The smallest absolute Gasteiger partial charge is 0.319 e. The summed E-state index contributed by atoms with van der Waals surface area (Å²) in [6, 6.07) is 4.68. The molecule has 1 atom stereocenters. The standard InChI is InChI=1S/C13H14N2O4S/c16-13(15-12-3-4-20(17,18)8-12)14-11-2-1-9-6-19-7-10(9)5-11/h1-5,12H,6-8H2,(H2,14,15,16). The first-order chi connectivity index (χ1) is 9.52. The van der Waals surface area contributed by atoms with E-state index in [0.29, 0.717) is 18.9 Å². The predicted octanol–water partition coefficient (Wildman–Crippen LogP) is 1.15. The van der Waals surface area contributed by atoms with Crippen LogP contribution in [0, 0.1) is 0 Å². The SMILES string of the molecule is O=C(Nc1ccc2c(c1)COC2)NC1C=CS(=O)(=O)C1. The number of rotatable bonds is 2. The Hall–Kier alpha value is -1.86. The van der Waals surface area contributed by atoms with Gasteiger partial charge in [-0.1, -0.05) is 6.07 Å². The van der Waals surface area contributed by atoms with E-state index < -0.39 is 21.9 Å². The Balaban J connectivity index is 1.61. The molecule has 0 fully saturated rings. The van der Waals surface area contributed by atoms with Crippen LogP contribution in [0.25, 0.3) is 0 Å². The molecule has 0 radical (unpaired) electrons. The van der Waals surface area contributed by atoms with Crippen LogP contribution in [0.1, 0.15) is 11.1 Å². The fraction of sp³-hybridized carbons (Fsp3) is 0.308. The van der Waals surface area contributed by atoms with Crippen LogP contribution < -0.4 is 10.6 Å². The van der Waals surface area contributed by atoms with Crippen molar-refractivity contribution in [1.29, 1.82) is 0 Å². The van der Waals surface area contributed by atoms with E-state index in [2.05, 4.69) is 10.6 Å². The van der Waals surface area contributed by atoms with E-state index in [1.165, 1.54) is 6.08 Å². The molecule has 0 saturated carbocycles. The Morgan fingerprint density at radius 2 is 2.05 bits per heavy atom. The van der Waals surface area contributed by atoms with Crippen LogP contribution in [0.4, 0.5) is 10.5 Å². The van der Waals surface area contributed by atoms with Crippen LogP contribution in [0.5, 0.6) is 0 Å². The zero-order chi connectivity index (χ0) is 14.2. The van der Waals surface area contributed by atoms with Gasteiger partial charge in [-0.15, -0.1) is 0 Å². The number of amides is 2. The number of fused-ring (bicyclic) bond motifs is 1. The Kier molecular flexibility index (Phi) is 3.23. The van der Waals surface area contributed by atoms with Gasteiger partial charge in [0.15, 0.2) is 9.84 Å². The van der Waals surface area contributed by atoms with Gasteiger partial charge in [0.25, 0.3) is 0 Å². The Labute approximate surface area is 116 Å². The molecule has 2 heterocycles. The number of nitrogens with one attached hydrogen (secondary N) is 2. The van der Waals surface area contributed by atoms with E-state index in [-0.39, 0.29) is 5.75 Å². The molecule has 0 saturated heterocycles. The van der Waals surface area contributed by atoms with Crippen molar-refractivity contribution in [3.8, 4) is 0 Å². The van der Waals surface area contributed by atoms with Crippen molar-refractivity contribution >= 4 is 21.6 Å². The molecule has 3 rings (SSSR count). The van der Waals surface area contributed by atoms with E-state index in [9.17, 15) is 13.2 Å². The first kappa shape index (κ1) is 13.1. The maximum Gasteiger partial charge on any atom is 0.319 e. The maximum absolute atomic E-state index is 11.8. The summed E-state index contributed by atoms with van der Waals surface area (Å²) in [5.41, 5.74) is 2.85. The van der Waals surface area contributed by atoms with Crippen LogP contribution >= 0.6 is 0 Å². The molecule has 2 aliphatic heterocycles. The molecule has 2 amide bonds. The predicted molar refractivity (Wildman–Crippen MR) is 73.8 cm³/mol. The summed E-state index contributed by atoms with van der Waals surface area (Å²) >= 11 is 0. The number of carbonyl (C=O) groups is 1. The van der Waals surface area contributed by atoms with Gasteiger partial charge < -0.3 is 15.4 Å². The monoisotopic (exact) mass is 294 g/mol. The van der Waals surface area contributed by atoms with Crippen LogP contribution in [0.15, 0.2) is 29.7 Å². The van der Waals surface area contributed by atoms with Crippen LogP contribution in [-0.4, -0.2) is 26.2 Å². The number of urea groups is 1. The molecule has 0 spiro atoms. The minimum atomic E-state index is -3.16. The van der Waals surface area contributed by atoms with Crippen molar-refractivity contribution in [2.24, 2.45) is 0 Å². The average molecular weight is 294 g/mol. The molecule has 1 unspecified atom stereocenters. The second-order valence-electron chi connectivity index (χ2n) is 4.84. The number of carbonyl (C=O) groups excluding carboxylic acids is 1. The van der Waals surface area contributed by atoms with E-state index >= 15 is 0 Å².